The van der Waals surface area contributed by atoms with Crippen molar-refractivity contribution in [2.24, 2.45) is 0 Å². The Kier molecular flexibility index (Phi) is 4.15. The SMILES string of the molecule is O=S(=O)(c1ccccc1)N1CC=C(c2c[nH]c3c(Cl)cccc23)CC1. The van der Waals surface area contributed by atoms with Crippen molar-refractivity contribution < 1.29 is 8.42 Å². The quantitative estimate of drug-likeness (QED) is 0.745. The summed E-state index contributed by atoms with van der Waals surface area (Å²) in [5, 5.41) is 1.76. The Morgan fingerprint density at radius 2 is 1.84 bits per heavy atom. The van der Waals surface area contributed by atoms with Crippen LogP contribution in [0.3, 0.4) is 0 Å². The molecule has 128 valence electrons. The predicted molar refractivity (Wildman–Crippen MR) is 101 cm³/mol. The Hall–Kier alpha value is -2.08. The number of rotatable bonds is 3. The largest absolute Gasteiger partial charge is 0.359 e. The lowest BCUT2D eigenvalue weighted by Gasteiger charge is -2.25. The van der Waals surface area contributed by atoms with Gasteiger partial charge in [0.15, 0.2) is 0 Å². The van der Waals surface area contributed by atoms with E-state index < -0.39 is 10.0 Å². The molecule has 1 aliphatic rings. The van der Waals surface area contributed by atoms with Gasteiger partial charge in [0, 0.05) is 30.2 Å². The van der Waals surface area contributed by atoms with Crippen molar-refractivity contribution in [2.75, 3.05) is 13.1 Å². The van der Waals surface area contributed by atoms with Crippen molar-refractivity contribution in [3.8, 4) is 0 Å². The Labute approximate surface area is 151 Å². The summed E-state index contributed by atoms with van der Waals surface area (Å²) in [7, 11) is -3.44. The Bertz CT molecular complexity index is 1060. The molecule has 0 spiro atoms. The highest BCUT2D eigenvalue weighted by atomic mass is 35.5. The van der Waals surface area contributed by atoms with E-state index in [2.05, 4.69) is 4.98 Å². The van der Waals surface area contributed by atoms with Gasteiger partial charge in [-0.3, -0.25) is 0 Å². The van der Waals surface area contributed by atoms with Crippen molar-refractivity contribution in [3.63, 3.8) is 0 Å². The molecule has 6 heteroatoms. The predicted octanol–water partition coefficient (Wildman–Crippen LogP) is 4.30. The fourth-order valence-electron chi connectivity index (χ4n) is 3.24. The Morgan fingerprint density at radius 1 is 1.04 bits per heavy atom. The second-order valence-corrected chi connectivity index (χ2v) is 8.37. The zero-order valence-electron chi connectivity index (χ0n) is 13.4. The minimum Gasteiger partial charge on any atom is -0.359 e. The molecule has 0 unspecified atom stereocenters. The van der Waals surface area contributed by atoms with E-state index in [1.807, 2.05) is 36.5 Å². The van der Waals surface area contributed by atoms with Gasteiger partial charge in [-0.05, 0) is 30.2 Å². The van der Waals surface area contributed by atoms with Crippen LogP contribution in [0.2, 0.25) is 5.02 Å². The summed E-state index contributed by atoms with van der Waals surface area (Å²) in [6, 6.07) is 14.4. The lowest BCUT2D eigenvalue weighted by molar-refractivity contribution is 0.441. The number of aromatic nitrogens is 1. The molecule has 0 bridgehead atoms. The molecule has 0 amide bonds. The molecule has 0 saturated carbocycles. The summed E-state index contributed by atoms with van der Waals surface area (Å²) in [4.78, 5) is 3.56. The number of benzene rings is 2. The second-order valence-electron chi connectivity index (χ2n) is 6.02. The molecule has 4 nitrogen and oxygen atoms in total. The molecule has 1 N–H and O–H groups in total. The average molecular weight is 373 g/mol. The van der Waals surface area contributed by atoms with Gasteiger partial charge in [0.2, 0.25) is 10.0 Å². The van der Waals surface area contributed by atoms with Crippen LogP contribution >= 0.6 is 11.6 Å². The van der Waals surface area contributed by atoms with Crippen LogP contribution in [-0.2, 0) is 10.0 Å². The van der Waals surface area contributed by atoms with Crippen LogP contribution in [0, 0.1) is 0 Å². The molecule has 0 aliphatic carbocycles. The smallest absolute Gasteiger partial charge is 0.243 e. The van der Waals surface area contributed by atoms with E-state index in [0.29, 0.717) is 29.4 Å². The fraction of sp³-hybridized carbons (Fsp3) is 0.158. The highest BCUT2D eigenvalue weighted by Gasteiger charge is 2.26. The van der Waals surface area contributed by atoms with E-state index in [4.69, 9.17) is 11.6 Å². The van der Waals surface area contributed by atoms with E-state index in [1.165, 1.54) is 4.31 Å². The normalized spacial score (nSPS) is 16.1. The lowest BCUT2D eigenvalue weighted by Crippen LogP contribution is -2.34. The van der Waals surface area contributed by atoms with Gasteiger partial charge in [-0.15, -0.1) is 0 Å². The number of H-pyrrole nitrogens is 1. The molecule has 2 heterocycles. The molecule has 1 aromatic heterocycles. The number of halogens is 1. The molecule has 0 fully saturated rings. The van der Waals surface area contributed by atoms with Gasteiger partial charge in [-0.2, -0.15) is 4.31 Å². The van der Waals surface area contributed by atoms with Crippen molar-refractivity contribution >= 4 is 38.1 Å². The summed E-state index contributed by atoms with van der Waals surface area (Å²) >= 11 is 6.22. The molecule has 1 aliphatic heterocycles. The number of para-hydroxylation sites is 1. The van der Waals surface area contributed by atoms with Gasteiger partial charge in [-0.25, -0.2) is 8.42 Å². The minimum atomic E-state index is -3.44. The van der Waals surface area contributed by atoms with Gasteiger partial charge in [0.05, 0.1) is 15.4 Å². The highest BCUT2D eigenvalue weighted by molar-refractivity contribution is 7.89. The van der Waals surface area contributed by atoms with Gasteiger partial charge in [0.25, 0.3) is 0 Å². The first-order valence-electron chi connectivity index (χ1n) is 8.07. The van der Waals surface area contributed by atoms with Crippen LogP contribution < -0.4 is 0 Å². The monoisotopic (exact) mass is 372 g/mol. The number of nitrogens with one attached hydrogen (secondary N) is 1. The first kappa shape index (κ1) is 16.4. The molecule has 25 heavy (non-hydrogen) atoms. The summed E-state index contributed by atoms with van der Waals surface area (Å²) in [6.45, 7) is 0.843. The number of sulfonamides is 1. The number of aromatic amines is 1. The molecule has 0 radical (unpaired) electrons. The zero-order chi connectivity index (χ0) is 17.4. The minimum absolute atomic E-state index is 0.339. The van der Waals surface area contributed by atoms with Crippen LogP contribution in [-0.4, -0.2) is 30.8 Å². The fourth-order valence-corrected chi connectivity index (χ4v) is 4.87. The third kappa shape index (κ3) is 2.88. The lowest BCUT2D eigenvalue weighted by atomic mass is 10.00. The molecule has 0 saturated heterocycles. The maximum absolute atomic E-state index is 12.7. The van der Waals surface area contributed by atoms with Crippen molar-refractivity contribution in [1.29, 1.82) is 0 Å². The molecular weight excluding hydrogens is 356 g/mol. The number of hydrogen-bond acceptors (Lipinski definition) is 2. The van der Waals surface area contributed by atoms with Crippen LogP contribution in [0.15, 0.2) is 65.7 Å². The number of fused-ring (bicyclic) bond motifs is 1. The Balaban J connectivity index is 1.63. The summed E-state index contributed by atoms with van der Waals surface area (Å²) < 4.78 is 26.9. The average Bonchev–Trinajstić information content (AvgIpc) is 3.08. The van der Waals surface area contributed by atoms with Crippen molar-refractivity contribution in [3.05, 3.63) is 71.4 Å². The van der Waals surface area contributed by atoms with Crippen LogP contribution in [0.1, 0.15) is 12.0 Å². The molecule has 0 atom stereocenters. The van der Waals surface area contributed by atoms with Crippen LogP contribution in [0.25, 0.3) is 16.5 Å². The summed E-state index contributed by atoms with van der Waals surface area (Å²) in [5.41, 5.74) is 3.15. The van der Waals surface area contributed by atoms with Gasteiger partial charge in [-0.1, -0.05) is 48.0 Å². The van der Waals surface area contributed by atoms with Crippen LogP contribution in [0.5, 0.6) is 0 Å². The number of nitrogens with zero attached hydrogens (tertiary/aromatic N) is 1. The first-order chi connectivity index (χ1) is 12.1. The summed E-state index contributed by atoms with van der Waals surface area (Å²) in [5.74, 6) is 0. The van der Waals surface area contributed by atoms with Gasteiger partial charge < -0.3 is 4.98 Å². The van der Waals surface area contributed by atoms with Crippen molar-refractivity contribution in [1.82, 2.24) is 9.29 Å². The Morgan fingerprint density at radius 3 is 2.56 bits per heavy atom. The molecule has 2 aromatic carbocycles. The summed E-state index contributed by atoms with van der Waals surface area (Å²) in [6.07, 6.45) is 4.61. The van der Waals surface area contributed by atoms with E-state index in [1.54, 1.807) is 24.3 Å². The second kappa shape index (κ2) is 6.33. The zero-order valence-corrected chi connectivity index (χ0v) is 15.0. The highest BCUT2D eigenvalue weighted by Crippen LogP contribution is 2.33. The third-order valence-corrected chi connectivity index (χ3v) is 6.76. The maximum atomic E-state index is 12.7. The van der Waals surface area contributed by atoms with Gasteiger partial charge in [0.1, 0.15) is 0 Å². The third-order valence-electron chi connectivity index (χ3n) is 4.56. The molecule has 3 aromatic rings. The van der Waals surface area contributed by atoms with Gasteiger partial charge >= 0.3 is 0 Å². The van der Waals surface area contributed by atoms with Crippen LogP contribution in [0.4, 0.5) is 0 Å². The first-order valence-corrected chi connectivity index (χ1v) is 9.89. The maximum Gasteiger partial charge on any atom is 0.243 e. The standard InChI is InChI=1S/C19H17ClN2O2S/c20-18-8-4-7-16-17(13-21-19(16)18)14-9-11-22(12-10-14)25(23,24)15-5-2-1-3-6-15/h1-9,13,21H,10-12H2. The van der Waals surface area contributed by atoms with E-state index >= 15 is 0 Å². The molecule has 4 rings (SSSR count). The topological polar surface area (TPSA) is 53.2 Å². The van der Waals surface area contributed by atoms with E-state index in [9.17, 15) is 8.42 Å². The number of hydrogen-bond donors (Lipinski definition) is 1. The molecular formula is C19H17ClN2O2S. The van der Waals surface area contributed by atoms with E-state index in [0.717, 1.165) is 22.0 Å². The van der Waals surface area contributed by atoms with E-state index in [-0.39, 0.29) is 0 Å². The van der Waals surface area contributed by atoms with Crippen molar-refractivity contribution in [2.45, 2.75) is 11.3 Å².